The molecule has 4 heteroatoms. The number of carbonyl (C=O) groups is 2. The highest BCUT2D eigenvalue weighted by atomic mass is 16.4. The van der Waals surface area contributed by atoms with Crippen LogP contribution in [-0.2, 0) is 16.0 Å². The molecule has 1 amide bonds. The minimum atomic E-state index is -0.848. The highest BCUT2D eigenvalue weighted by molar-refractivity contribution is 5.80. The quantitative estimate of drug-likeness (QED) is 0.804. The van der Waals surface area contributed by atoms with E-state index in [1.165, 1.54) is 0 Å². The Hall–Kier alpha value is -1.84. The maximum atomic E-state index is 11.9. The van der Waals surface area contributed by atoms with E-state index in [-0.39, 0.29) is 12.5 Å². The van der Waals surface area contributed by atoms with Crippen LogP contribution in [0.2, 0.25) is 0 Å². The van der Waals surface area contributed by atoms with Gasteiger partial charge in [-0.3, -0.25) is 9.59 Å². The zero-order valence-corrected chi connectivity index (χ0v) is 12.4. The first kappa shape index (κ1) is 16.2. The molecule has 0 aromatic heterocycles. The van der Waals surface area contributed by atoms with Gasteiger partial charge in [0.1, 0.15) is 0 Å². The molecule has 1 aromatic rings. The lowest BCUT2D eigenvalue weighted by Gasteiger charge is -2.13. The molecule has 0 aliphatic carbocycles. The van der Waals surface area contributed by atoms with E-state index in [9.17, 15) is 9.59 Å². The molecule has 0 aliphatic rings. The number of carboxylic acid groups (broad SMARTS) is 1. The molecule has 0 saturated carbocycles. The highest BCUT2D eigenvalue weighted by Crippen LogP contribution is 2.11. The normalized spacial score (nSPS) is 11.9. The van der Waals surface area contributed by atoms with Crippen molar-refractivity contribution < 1.29 is 14.7 Å². The maximum absolute atomic E-state index is 11.9. The Morgan fingerprint density at radius 1 is 1.30 bits per heavy atom. The molecule has 20 heavy (non-hydrogen) atoms. The van der Waals surface area contributed by atoms with Crippen LogP contribution in [0.3, 0.4) is 0 Å². The molecule has 1 aromatic carbocycles. The predicted molar refractivity (Wildman–Crippen MR) is 78.7 cm³/mol. The first-order chi connectivity index (χ1) is 9.43. The first-order valence-electron chi connectivity index (χ1n) is 6.99. The van der Waals surface area contributed by atoms with E-state index in [0.29, 0.717) is 12.8 Å². The summed E-state index contributed by atoms with van der Waals surface area (Å²) in [6.07, 6.45) is 1.68. The second-order valence-electron chi connectivity index (χ2n) is 5.23. The Bertz CT molecular complexity index is 483. The average Bonchev–Trinajstić information content (AvgIpc) is 2.38. The molecule has 1 atom stereocenters. The molecule has 0 aliphatic heterocycles. The zero-order chi connectivity index (χ0) is 15.1. The molecule has 0 saturated heterocycles. The Balaban J connectivity index is 2.55. The van der Waals surface area contributed by atoms with Gasteiger partial charge >= 0.3 is 5.97 Å². The number of carbonyl (C=O) groups excluding carboxylic acids is 1. The van der Waals surface area contributed by atoms with Gasteiger partial charge in [0, 0.05) is 6.54 Å². The fourth-order valence-corrected chi connectivity index (χ4v) is 2.12. The summed E-state index contributed by atoms with van der Waals surface area (Å²) in [6, 6.07) is 6.00. The van der Waals surface area contributed by atoms with E-state index in [0.717, 1.165) is 23.1 Å². The van der Waals surface area contributed by atoms with Crippen molar-refractivity contribution in [1.82, 2.24) is 5.32 Å². The summed E-state index contributed by atoms with van der Waals surface area (Å²) in [5.74, 6) is -1.47. The van der Waals surface area contributed by atoms with E-state index in [1.807, 2.05) is 39.0 Å². The summed E-state index contributed by atoms with van der Waals surface area (Å²) in [6.45, 7) is 6.10. The van der Waals surface area contributed by atoms with Gasteiger partial charge in [0.25, 0.3) is 0 Å². The van der Waals surface area contributed by atoms with Crippen molar-refractivity contribution in [3.05, 3.63) is 34.9 Å². The van der Waals surface area contributed by atoms with Gasteiger partial charge in [0.15, 0.2) is 0 Å². The van der Waals surface area contributed by atoms with E-state index in [1.54, 1.807) is 0 Å². The van der Waals surface area contributed by atoms with Crippen LogP contribution in [0.4, 0.5) is 0 Å². The summed E-state index contributed by atoms with van der Waals surface area (Å²) in [5, 5.41) is 11.8. The van der Waals surface area contributed by atoms with Crippen LogP contribution in [0.25, 0.3) is 0 Å². The van der Waals surface area contributed by atoms with Crippen molar-refractivity contribution in [1.29, 1.82) is 0 Å². The lowest BCUT2D eigenvalue weighted by molar-refractivity contribution is -0.141. The Morgan fingerprint density at radius 3 is 2.60 bits per heavy atom. The Labute approximate surface area is 120 Å². The first-order valence-corrected chi connectivity index (χ1v) is 6.99. The molecule has 0 radical (unpaired) electrons. The van der Waals surface area contributed by atoms with Crippen LogP contribution in [0.15, 0.2) is 18.2 Å². The number of hydrogen-bond acceptors (Lipinski definition) is 2. The SMILES string of the molecule is CCCC(CNC(=O)Cc1cc(C)ccc1C)C(=O)O. The van der Waals surface area contributed by atoms with E-state index >= 15 is 0 Å². The molecule has 0 spiro atoms. The van der Waals surface area contributed by atoms with Gasteiger partial charge in [-0.25, -0.2) is 0 Å². The standard InChI is InChI=1S/C16H23NO3/c1-4-5-13(16(19)20)10-17-15(18)9-14-8-11(2)6-7-12(14)3/h6-8,13H,4-5,9-10H2,1-3H3,(H,17,18)(H,19,20). The van der Waals surface area contributed by atoms with Crippen molar-refractivity contribution in [2.24, 2.45) is 5.92 Å². The largest absolute Gasteiger partial charge is 0.481 e. The van der Waals surface area contributed by atoms with Crippen LogP contribution in [0, 0.1) is 19.8 Å². The Morgan fingerprint density at radius 2 is 2.00 bits per heavy atom. The molecule has 1 unspecified atom stereocenters. The number of nitrogens with one attached hydrogen (secondary N) is 1. The summed E-state index contributed by atoms with van der Waals surface area (Å²) < 4.78 is 0. The monoisotopic (exact) mass is 277 g/mol. The summed E-state index contributed by atoms with van der Waals surface area (Å²) in [4.78, 5) is 22.9. The van der Waals surface area contributed by atoms with Gasteiger partial charge in [-0.1, -0.05) is 37.1 Å². The molecular formula is C16H23NO3. The number of hydrogen-bond donors (Lipinski definition) is 2. The third-order valence-corrected chi connectivity index (χ3v) is 3.39. The van der Waals surface area contributed by atoms with E-state index in [4.69, 9.17) is 5.11 Å². The van der Waals surface area contributed by atoms with Crippen LogP contribution in [-0.4, -0.2) is 23.5 Å². The lowest BCUT2D eigenvalue weighted by atomic mass is 10.0. The number of carboxylic acids is 1. The van der Waals surface area contributed by atoms with Crippen LogP contribution < -0.4 is 5.32 Å². The molecule has 1 rings (SSSR count). The van der Waals surface area contributed by atoms with Crippen molar-refractivity contribution in [2.75, 3.05) is 6.54 Å². The van der Waals surface area contributed by atoms with Gasteiger partial charge in [0.2, 0.25) is 5.91 Å². The number of amides is 1. The van der Waals surface area contributed by atoms with Crippen molar-refractivity contribution in [2.45, 2.75) is 40.0 Å². The Kier molecular flexibility index (Phi) is 6.22. The molecule has 0 fully saturated rings. The van der Waals surface area contributed by atoms with Crippen LogP contribution >= 0.6 is 0 Å². The molecule has 4 nitrogen and oxygen atoms in total. The van der Waals surface area contributed by atoms with Gasteiger partial charge in [-0.2, -0.15) is 0 Å². The molecule has 0 heterocycles. The lowest BCUT2D eigenvalue weighted by Crippen LogP contribution is -2.33. The summed E-state index contributed by atoms with van der Waals surface area (Å²) in [5.41, 5.74) is 3.19. The van der Waals surface area contributed by atoms with E-state index in [2.05, 4.69) is 5.32 Å². The van der Waals surface area contributed by atoms with Gasteiger partial charge in [-0.15, -0.1) is 0 Å². The van der Waals surface area contributed by atoms with Gasteiger partial charge in [-0.05, 0) is 31.4 Å². The molecule has 0 bridgehead atoms. The van der Waals surface area contributed by atoms with Gasteiger partial charge in [0.05, 0.1) is 12.3 Å². The maximum Gasteiger partial charge on any atom is 0.308 e. The second-order valence-corrected chi connectivity index (χ2v) is 5.23. The van der Waals surface area contributed by atoms with Crippen molar-refractivity contribution in [3.63, 3.8) is 0 Å². The molecule has 110 valence electrons. The van der Waals surface area contributed by atoms with Gasteiger partial charge < -0.3 is 10.4 Å². The van der Waals surface area contributed by atoms with Crippen LogP contribution in [0.1, 0.15) is 36.5 Å². The van der Waals surface area contributed by atoms with Crippen molar-refractivity contribution >= 4 is 11.9 Å². The topological polar surface area (TPSA) is 66.4 Å². The number of aryl methyl sites for hydroxylation is 2. The third kappa shape index (κ3) is 5.03. The van der Waals surface area contributed by atoms with Crippen LogP contribution in [0.5, 0.6) is 0 Å². The van der Waals surface area contributed by atoms with Crippen molar-refractivity contribution in [3.8, 4) is 0 Å². The average molecular weight is 277 g/mol. The summed E-state index contributed by atoms with van der Waals surface area (Å²) in [7, 11) is 0. The zero-order valence-electron chi connectivity index (χ0n) is 12.4. The highest BCUT2D eigenvalue weighted by Gasteiger charge is 2.17. The third-order valence-electron chi connectivity index (χ3n) is 3.39. The number of aliphatic carboxylic acids is 1. The smallest absolute Gasteiger partial charge is 0.308 e. The number of benzene rings is 1. The summed E-state index contributed by atoms with van der Waals surface area (Å²) >= 11 is 0. The fraction of sp³-hybridized carbons (Fsp3) is 0.500. The second kappa shape index (κ2) is 7.68. The van der Waals surface area contributed by atoms with E-state index < -0.39 is 11.9 Å². The minimum absolute atomic E-state index is 0.124. The number of rotatable bonds is 7. The molecular weight excluding hydrogens is 254 g/mol. The fourth-order valence-electron chi connectivity index (χ4n) is 2.12. The molecule has 2 N–H and O–H groups in total. The minimum Gasteiger partial charge on any atom is -0.481 e. The predicted octanol–water partition coefficient (Wildman–Crippen LogP) is 2.46.